The van der Waals surface area contributed by atoms with E-state index in [1.807, 2.05) is 36.4 Å². The van der Waals surface area contributed by atoms with Crippen LogP contribution in [0.3, 0.4) is 0 Å². The molecule has 146 valence electrons. The summed E-state index contributed by atoms with van der Waals surface area (Å²) in [6, 6.07) is 14.2. The Morgan fingerprint density at radius 2 is 1.90 bits per heavy atom. The number of hydrogen-bond donors (Lipinski definition) is 0. The van der Waals surface area contributed by atoms with Crippen LogP contribution in [-0.2, 0) is 5.41 Å². The number of para-hydroxylation sites is 1. The monoisotopic (exact) mass is 383 g/mol. The molecule has 0 fully saturated rings. The Hall–Kier alpha value is -3.07. The van der Waals surface area contributed by atoms with Crippen molar-refractivity contribution in [2.24, 2.45) is 0 Å². The van der Waals surface area contributed by atoms with Gasteiger partial charge in [-0.25, -0.2) is 0 Å². The van der Waals surface area contributed by atoms with Gasteiger partial charge < -0.3 is 9.64 Å². The summed E-state index contributed by atoms with van der Waals surface area (Å²) in [6.45, 7) is 4.39. The van der Waals surface area contributed by atoms with E-state index in [1.165, 1.54) is 0 Å². The van der Waals surface area contributed by atoms with Gasteiger partial charge in [-0.05, 0) is 68.7 Å². The van der Waals surface area contributed by atoms with Gasteiger partial charge >= 0.3 is 0 Å². The van der Waals surface area contributed by atoms with Gasteiger partial charge in [0.15, 0.2) is 5.78 Å². The molecule has 1 atom stereocenters. The van der Waals surface area contributed by atoms with Crippen molar-refractivity contribution in [1.29, 1.82) is 0 Å². The van der Waals surface area contributed by atoms with E-state index in [4.69, 9.17) is 4.74 Å². The summed E-state index contributed by atoms with van der Waals surface area (Å²) in [4.78, 5) is 15.2. The number of anilines is 1. The number of carbonyl (C=O) groups is 1. The molecule has 0 saturated heterocycles. The van der Waals surface area contributed by atoms with Gasteiger partial charge in [0.1, 0.15) is 5.75 Å². The Morgan fingerprint density at radius 1 is 1.07 bits per heavy atom. The number of hydrogen-bond acceptors (Lipinski definition) is 3. The summed E-state index contributed by atoms with van der Waals surface area (Å²) >= 11 is 0. The van der Waals surface area contributed by atoms with Gasteiger partial charge in [0.2, 0.25) is 5.72 Å². The van der Waals surface area contributed by atoms with E-state index in [2.05, 4.69) is 62.2 Å². The molecule has 3 heteroatoms. The van der Waals surface area contributed by atoms with E-state index in [0.717, 1.165) is 46.5 Å². The van der Waals surface area contributed by atoms with E-state index in [9.17, 15) is 4.79 Å². The van der Waals surface area contributed by atoms with Gasteiger partial charge in [0.05, 0.1) is 5.41 Å². The van der Waals surface area contributed by atoms with Gasteiger partial charge in [-0.2, -0.15) is 0 Å². The number of likely N-dealkylation sites (N-methyl/N-ethyl adjacent to an activating group) is 1. The van der Waals surface area contributed by atoms with Crippen molar-refractivity contribution in [3.8, 4) is 5.75 Å². The zero-order valence-electron chi connectivity index (χ0n) is 17.1. The Bertz CT molecular complexity index is 1110. The average Bonchev–Trinajstić information content (AvgIpc) is 2.92. The fourth-order valence-electron chi connectivity index (χ4n) is 4.84. The van der Waals surface area contributed by atoms with Crippen LogP contribution in [0.2, 0.25) is 0 Å². The number of ether oxygens (including phenoxy) is 1. The Balaban J connectivity index is 1.58. The maximum atomic E-state index is 13.0. The molecule has 0 amide bonds. The molecule has 0 bridgehead atoms. The second-order valence-electron chi connectivity index (χ2n) is 8.55. The summed E-state index contributed by atoms with van der Waals surface area (Å²) in [5.41, 5.74) is 3.88. The minimum Gasteiger partial charge on any atom is -0.463 e. The first kappa shape index (κ1) is 18.0. The van der Waals surface area contributed by atoms with Crippen molar-refractivity contribution >= 4 is 17.5 Å². The fraction of sp³-hybridized carbons (Fsp3) is 0.269. The maximum absolute atomic E-state index is 13.0. The molecule has 1 unspecified atom stereocenters. The van der Waals surface area contributed by atoms with E-state index in [-0.39, 0.29) is 11.2 Å². The quantitative estimate of drug-likeness (QED) is 0.625. The predicted octanol–water partition coefficient (Wildman–Crippen LogP) is 5.68. The molecule has 2 aromatic carbocycles. The van der Waals surface area contributed by atoms with Crippen LogP contribution in [0.1, 0.15) is 48.2 Å². The number of allylic oxidation sites excluding steroid dienone is 4. The van der Waals surface area contributed by atoms with Crippen molar-refractivity contribution in [3.63, 3.8) is 0 Å². The lowest BCUT2D eigenvalue weighted by Gasteiger charge is -2.45. The molecule has 1 spiro atoms. The molecule has 3 nitrogen and oxygen atoms in total. The van der Waals surface area contributed by atoms with Crippen LogP contribution in [0.4, 0.5) is 5.69 Å². The van der Waals surface area contributed by atoms with Crippen LogP contribution in [0.25, 0.3) is 6.08 Å². The zero-order valence-corrected chi connectivity index (χ0v) is 17.1. The van der Waals surface area contributed by atoms with Crippen molar-refractivity contribution in [2.75, 3.05) is 11.9 Å². The van der Waals surface area contributed by atoms with Crippen LogP contribution < -0.4 is 9.64 Å². The van der Waals surface area contributed by atoms with Gasteiger partial charge in [0.25, 0.3) is 0 Å². The summed E-state index contributed by atoms with van der Waals surface area (Å²) in [5, 5.41) is 0. The number of fused-ring (bicyclic) bond motifs is 2. The topological polar surface area (TPSA) is 29.5 Å². The van der Waals surface area contributed by atoms with E-state index < -0.39 is 5.72 Å². The summed E-state index contributed by atoms with van der Waals surface area (Å²) in [7, 11) is 2.07. The highest BCUT2D eigenvalue weighted by molar-refractivity contribution is 6.11. The number of Topliss-reactive ketones (excluding diaryl/α,β-unsaturated/α-hetero) is 1. The summed E-state index contributed by atoms with van der Waals surface area (Å²) in [6.07, 6.45) is 12.3. The van der Waals surface area contributed by atoms with Crippen LogP contribution in [0.5, 0.6) is 5.75 Å². The molecule has 0 radical (unpaired) electrons. The molecule has 2 heterocycles. The third kappa shape index (κ3) is 2.46. The van der Waals surface area contributed by atoms with Gasteiger partial charge in [-0.1, -0.05) is 36.4 Å². The summed E-state index contributed by atoms with van der Waals surface area (Å²) < 4.78 is 6.64. The number of nitrogens with zero attached hydrogens (tertiary/aromatic N) is 1. The third-order valence-corrected chi connectivity index (χ3v) is 6.62. The highest BCUT2D eigenvalue weighted by Crippen LogP contribution is 2.54. The Labute approximate surface area is 172 Å². The molecular formula is C26H25NO2. The van der Waals surface area contributed by atoms with E-state index in [1.54, 1.807) is 0 Å². The molecule has 0 saturated carbocycles. The highest BCUT2D eigenvalue weighted by Gasteiger charge is 2.57. The molecule has 2 aromatic rings. The lowest BCUT2D eigenvalue weighted by molar-refractivity contribution is 0.0581. The van der Waals surface area contributed by atoms with E-state index >= 15 is 0 Å². The normalized spacial score (nSPS) is 23.4. The Kier molecular flexibility index (Phi) is 3.86. The van der Waals surface area contributed by atoms with E-state index in [0.29, 0.717) is 0 Å². The van der Waals surface area contributed by atoms with Crippen molar-refractivity contribution < 1.29 is 9.53 Å². The SMILES string of the molecule is CN1c2ccc(C(=O)C3=CCCC=C3)cc2C(C)(C)C12C=Cc1ccccc1O2. The largest absolute Gasteiger partial charge is 0.463 e. The Morgan fingerprint density at radius 3 is 2.69 bits per heavy atom. The first-order valence-corrected chi connectivity index (χ1v) is 10.2. The second-order valence-corrected chi connectivity index (χ2v) is 8.55. The molecular weight excluding hydrogens is 358 g/mol. The lowest BCUT2D eigenvalue weighted by Crippen LogP contribution is -2.58. The first-order chi connectivity index (χ1) is 13.9. The molecule has 5 rings (SSSR count). The van der Waals surface area contributed by atoms with Gasteiger partial charge in [0, 0.05) is 29.4 Å². The minimum atomic E-state index is -0.630. The minimum absolute atomic E-state index is 0.0913. The second kappa shape index (κ2) is 6.21. The van der Waals surface area contributed by atoms with Crippen LogP contribution in [-0.4, -0.2) is 18.6 Å². The van der Waals surface area contributed by atoms with Crippen molar-refractivity contribution in [1.82, 2.24) is 0 Å². The first-order valence-electron chi connectivity index (χ1n) is 10.2. The number of ketones is 1. The number of carbonyl (C=O) groups excluding carboxylic acids is 1. The van der Waals surface area contributed by atoms with Gasteiger partial charge in [-0.15, -0.1) is 0 Å². The lowest BCUT2D eigenvalue weighted by atomic mass is 9.76. The molecule has 3 aliphatic rings. The third-order valence-electron chi connectivity index (χ3n) is 6.62. The molecule has 2 aliphatic heterocycles. The van der Waals surface area contributed by atoms with Crippen molar-refractivity contribution in [3.05, 3.63) is 89.0 Å². The number of rotatable bonds is 2. The molecule has 0 N–H and O–H groups in total. The predicted molar refractivity (Wildman–Crippen MR) is 117 cm³/mol. The zero-order chi connectivity index (χ0) is 20.2. The average molecular weight is 383 g/mol. The summed E-state index contributed by atoms with van der Waals surface area (Å²) in [5.74, 6) is 0.977. The van der Waals surface area contributed by atoms with Crippen molar-refractivity contribution in [2.45, 2.75) is 37.8 Å². The molecule has 29 heavy (non-hydrogen) atoms. The maximum Gasteiger partial charge on any atom is 0.211 e. The fourth-order valence-corrected chi connectivity index (χ4v) is 4.84. The van der Waals surface area contributed by atoms with Gasteiger partial charge in [-0.3, -0.25) is 4.79 Å². The van der Waals surface area contributed by atoms with Crippen LogP contribution in [0, 0.1) is 0 Å². The highest BCUT2D eigenvalue weighted by atomic mass is 16.5. The smallest absolute Gasteiger partial charge is 0.211 e. The van der Waals surface area contributed by atoms with Crippen LogP contribution in [0.15, 0.2) is 72.3 Å². The molecule has 0 aromatic heterocycles. The standard InChI is InChI=1S/C26H25NO2/c1-25(2)21-17-20(24(28)19-10-5-4-6-11-19)13-14-22(21)27(3)26(25)16-15-18-9-7-8-12-23(18)29-26/h5,7-17H,4,6H2,1-3H3. The van der Waals surface area contributed by atoms with Crippen LogP contribution >= 0.6 is 0 Å². The molecule has 1 aliphatic carbocycles. The number of benzene rings is 2.